The Morgan fingerprint density at radius 3 is 0.939 bits per heavy atom. The molecule has 2 atom stereocenters. The van der Waals surface area contributed by atoms with Crippen molar-refractivity contribution in [3.8, 4) is 0 Å². The summed E-state index contributed by atoms with van der Waals surface area (Å²) in [6.45, 7) is 4.97. The van der Waals surface area contributed by atoms with Crippen LogP contribution in [-0.2, 0) is 14.3 Å². The summed E-state index contributed by atoms with van der Waals surface area (Å²) in [6, 6.07) is -0.539. The summed E-state index contributed by atoms with van der Waals surface area (Å²) in [6.07, 6.45) is 92.2. The van der Waals surface area contributed by atoms with Crippen LogP contribution in [0.5, 0.6) is 0 Å². The largest absolute Gasteiger partial charge is 0.466 e. The van der Waals surface area contributed by atoms with Gasteiger partial charge >= 0.3 is 5.97 Å². The van der Waals surface area contributed by atoms with Gasteiger partial charge in [-0.05, 0) is 83.5 Å². The molecule has 0 aromatic rings. The minimum absolute atomic E-state index is 0.0143. The summed E-state index contributed by atoms with van der Waals surface area (Å²) in [5.74, 6) is -0.0169. The molecule has 0 rings (SSSR count). The fourth-order valence-electron chi connectivity index (χ4n) is 11.7. The number of aliphatic hydroxyl groups excluding tert-OH is 2. The maximum Gasteiger partial charge on any atom is 0.305 e. The van der Waals surface area contributed by atoms with Crippen molar-refractivity contribution in [2.75, 3.05) is 13.2 Å². The van der Waals surface area contributed by atoms with Crippen molar-refractivity contribution in [3.63, 3.8) is 0 Å². The zero-order valence-electron chi connectivity index (χ0n) is 55.5. The second-order valence-electron chi connectivity index (χ2n) is 25.6. The van der Waals surface area contributed by atoms with Crippen LogP contribution in [0, 0.1) is 0 Å². The SMILES string of the molecule is CCCCCCCC/C=C\CCCCCCCCCCCC(=O)OCCCCCCCCCCC/C=C\C/C=C\CCCCCCCCCCCCCCCCCCCC(=O)NC(CO)C(O)CCCCCCCCCCCCCCC. The van der Waals surface area contributed by atoms with E-state index in [1.165, 1.54) is 334 Å². The van der Waals surface area contributed by atoms with E-state index in [9.17, 15) is 19.8 Å². The highest BCUT2D eigenvalue weighted by Crippen LogP contribution is 2.19. The Balaban J connectivity index is 3.36. The van der Waals surface area contributed by atoms with Crippen molar-refractivity contribution in [3.05, 3.63) is 36.5 Å². The fourth-order valence-corrected chi connectivity index (χ4v) is 11.7. The van der Waals surface area contributed by atoms with Gasteiger partial charge in [0.05, 0.1) is 25.4 Å². The van der Waals surface area contributed by atoms with Gasteiger partial charge in [0, 0.05) is 12.8 Å². The average molecular weight is 1150 g/mol. The maximum absolute atomic E-state index is 12.5. The lowest BCUT2D eigenvalue weighted by molar-refractivity contribution is -0.143. The van der Waals surface area contributed by atoms with Crippen molar-refractivity contribution in [1.29, 1.82) is 0 Å². The Morgan fingerprint density at radius 1 is 0.341 bits per heavy atom. The number of nitrogens with one attached hydrogen (secondary N) is 1. The molecular weight excluding hydrogens is 1010 g/mol. The van der Waals surface area contributed by atoms with Gasteiger partial charge < -0.3 is 20.3 Å². The number of amides is 1. The summed E-state index contributed by atoms with van der Waals surface area (Å²) in [7, 11) is 0. The van der Waals surface area contributed by atoms with Crippen molar-refractivity contribution in [1.82, 2.24) is 5.32 Å². The average Bonchev–Trinajstić information content (AvgIpc) is 3.48. The lowest BCUT2D eigenvalue weighted by Crippen LogP contribution is -2.45. The van der Waals surface area contributed by atoms with E-state index in [1.807, 2.05) is 0 Å². The van der Waals surface area contributed by atoms with Crippen molar-refractivity contribution in [2.45, 2.75) is 424 Å². The number of hydrogen-bond acceptors (Lipinski definition) is 5. The molecule has 0 fully saturated rings. The quantitative estimate of drug-likeness (QED) is 0.0320. The van der Waals surface area contributed by atoms with Crippen LogP contribution in [0.1, 0.15) is 412 Å². The summed E-state index contributed by atoms with van der Waals surface area (Å²) in [5.41, 5.74) is 0. The monoisotopic (exact) mass is 1150 g/mol. The van der Waals surface area contributed by atoms with Crippen molar-refractivity contribution < 1.29 is 24.5 Å². The van der Waals surface area contributed by atoms with Gasteiger partial charge in [-0.3, -0.25) is 9.59 Å². The molecule has 0 radical (unpaired) electrons. The van der Waals surface area contributed by atoms with E-state index in [0.717, 1.165) is 44.9 Å². The van der Waals surface area contributed by atoms with E-state index in [-0.39, 0.29) is 18.5 Å². The molecule has 0 heterocycles. The predicted octanol–water partition coefficient (Wildman–Crippen LogP) is 24.3. The Bertz CT molecular complexity index is 1330. The van der Waals surface area contributed by atoms with Gasteiger partial charge in [-0.25, -0.2) is 0 Å². The first-order chi connectivity index (χ1) is 40.5. The smallest absolute Gasteiger partial charge is 0.305 e. The fraction of sp³-hybridized carbons (Fsp3) is 0.895. The van der Waals surface area contributed by atoms with E-state index < -0.39 is 12.1 Å². The zero-order chi connectivity index (χ0) is 59.2. The predicted molar refractivity (Wildman–Crippen MR) is 361 cm³/mol. The molecule has 1 amide bonds. The van der Waals surface area contributed by atoms with Crippen LogP contribution in [0.25, 0.3) is 0 Å². The third kappa shape index (κ3) is 67.2. The van der Waals surface area contributed by atoms with Gasteiger partial charge in [-0.1, -0.05) is 352 Å². The number of ether oxygens (including phenoxy) is 1. The highest BCUT2D eigenvalue weighted by Gasteiger charge is 2.20. The Kier molecular flexibility index (Phi) is 69.9. The molecule has 2 unspecified atom stereocenters. The minimum atomic E-state index is -0.662. The molecule has 0 aromatic carbocycles. The Morgan fingerprint density at radius 2 is 0.610 bits per heavy atom. The molecule has 6 heteroatoms. The molecule has 0 saturated heterocycles. The van der Waals surface area contributed by atoms with Crippen LogP contribution in [0.15, 0.2) is 36.5 Å². The van der Waals surface area contributed by atoms with Crippen molar-refractivity contribution in [2.24, 2.45) is 0 Å². The third-order valence-electron chi connectivity index (χ3n) is 17.4. The number of carbonyl (C=O) groups excluding carboxylic acids is 2. The molecule has 6 nitrogen and oxygen atoms in total. The van der Waals surface area contributed by atoms with E-state index in [2.05, 4.69) is 55.6 Å². The molecule has 0 saturated carbocycles. The van der Waals surface area contributed by atoms with Crippen LogP contribution in [-0.4, -0.2) is 47.4 Å². The van der Waals surface area contributed by atoms with Crippen LogP contribution < -0.4 is 5.32 Å². The summed E-state index contributed by atoms with van der Waals surface area (Å²) < 4.78 is 5.51. The molecule has 82 heavy (non-hydrogen) atoms. The van der Waals surface area contributed by atoms with Gasteiger partial charge in [0.15, 0.2) is 0 Å². The van der Waals surface area contributed by atoms with Gasteiger partial charge in [-0.15, -0.1) is 0 Å². The van der Waals surface area contributed by atoms with Gasteiger partial charge in [0.2, 0.25) is 5.91 Å². The number of hydrogen-bond donors (Lipinski definition) is 3. The number of rotatable bonds is 70. The van der Waals surface area contributed by atoms with E-state index in [1.54, 1.807) is 0 Å². The number of esters is 1. The third-order valence-corrected chi connectivity index (χ3v) is 17.4. The van der Waals surface area contributed by atoms with Crippen LogP contribution >= 0.6 is 0 Å². The van der Waals surface area contributed by atoms with Crippen LogP contribution in [0.2, 0.25) is 0 Å². The second kappa shape index (κ2) is 71.6. The number of carbonyl (C=O) groups is 2. The first kappa shape index (κ1) is 80.1. The molecule has 0 bridgehead atoms. The number of allylic oxidation sites excluding steroid dienone is 6. The molecule has 3 N–H and O–H groups in total. The molecular formula is C76H145NO5. The summed E-state index contributed by atoms with van der Waals surface area (Å²) >= 11 is 0. The second-order valence-corrected chi connectivity index (χ2v) is 25.6. The lowest BCUT2D eigenvalue weighted by Gasteiger charge is -2.22. The van der Waals surface area contributed by atoms with E-state index >= 15 is 0 Å². The first-order valence-electron chi connectivity index (χ1n) is 37.2. The van der Waals surface area contributed by atoms with Crippen LogP contribution in [0.3, 0.4) is 0 Å². The maximum atomic E-state index is 12.5. The first-order valence-corrected chi connectivity index (χ1v) is 37.2. The zero-order valence-corrected chi connectivity index (χ0v) is 55.5. The van der Waals surface area contributed by atoms with Gasteiger partial charge in [-0.2, -0.15) is 0 Å². The lowest BCUT2D eigenvalue weighted by atomic mass is 10.0. The van der Waals surface area contributed by atoms with Crippen LogP contribution in [0.4, 0.5) is 0 Å². The van der Waals surface area contributed by atoms with E-state index in [4.69, 9.17) is 4.74 Å². The highest BCUT2D eigenvalue weighted by atomic mass is 16.5. The molecule has 0 aliphatic heterocycles. The molecule has 0 aromatic heterocycles. The molecule has 0 aliphatic carbocycles. The molecule has 0 aliphatic rings. The minimum Gasteiger partial charge on any atom is -0.466 e. The van der Waals surface area contributed by atoms with Crippen molar-refractivity contribution >= 4 is 11.9 Å². The summed E-state index contributed by atoms with van der Waals surface area (Å²) in [4.78, 5) is 24.6. The Hall–Kier alpha value is -1.92. The molecule has 0 spiro atoms. The summed E-state index contributed by atoms with van der Waals surface area (Å²) in [5, 5.41) is 23.3. The topological polar surface area (TPSA) is 95.9 Å². The number of unbranched alkanes of at least 4 members (excludes halogenated alkanes) is 53. The number of aliphatic hydroxyl groups is 2. The van der Waals surface area contributed by atoms with Gasteiger partial charge in [0.25, 0.3) is 0 Å². The van der Waals surface area contributed by atoms with E-state index in [0.29, 0.717) is 25.9 Å². The normalized spacial score (nSPS) is 12.7. The molecule has 484 valence electrons. The standard InChI is InChI=1S/C76H145NO5/c1-3-5-7-9-11-13-15-17-18-19-35-39-42-46-50-54-58-62-66-70-76(81)82-71-67-63-59-55-51-47-43-40-37-34-32-30-28-26-24-22-20-21-23-25-27-29-31-33-36-38-41-45-49-53-57-61-65-69-75(80)77-73(72-78)74(79)68-64-60-56-52-48-44-16-14-12-10-8-6-4-2/h17-18,24,26,30,32,73-74,78-79H,3-16,19-23,25,27-29,31,33-72H2,1-2H3,(H,77,80)/b18-17-,26-24-,32-30-. The highest BCUT2D eigenvalue weighted by molar-refractivity contribution is 5.76. The Labute approximate surface area is 513 Å². The van der Waals surface area contributed by atoms with Gasteiger partial charge in [0.1, 0.15) is 0 Å².